The summed E-state index contributed by atoms with van der Waals surface area (Å²) in [5.41, 5.74) is 1.09. The molecule has 0 spiro atoms. The highest BCUT2D eigenvalue weighted by atomic mass is 35.5. The normalized spacial score (nSPS) is 10.2. The van der Waals surface area contributed by atoms with E-state index in [1.54, 1.807) is 18.1 Å². The smallest absolute Gasteiger partial charge is 0.116 e. The van der Waals surface area contributed by atoms with Crippen molar-refractivity contribution in [2.75, 3.05) is 11.6 Å². The first-order chi connectivity index (χ1) is 5.86. The Hall–Kier alpha value is -0.280. The Labute approximate surface area is 81.8 Å². The molecular formula is C8H11ClN2S. The molecule has 2 nitrogen and oxygen atoms in total. The minimum atomic E-state index is 0.663. The number of hydrogen-bond donors (Lipinski definition) is 0. The number of halogens is 1. The zero-order valence-corrected chi connectivity index (χ0v) is 8.53. The summed E-state index contributed by atoms with van der Waals surface area (Å²) in [5, 5.41) is 1.02. The molecule has 0 bridgehead atoms. The van der Waals surface area contributed by atoms with Crippen molar-refractivity contribution in [2.45, 2.75) is 18.4 Å². The molecule has 1 aromatic rings. The van der Waals surface area contributed by atoms with E-state index in [0.29, 0.717) is 5.88 Å². The van der Waals surface area contributed by atoms with E-state index in [9.17, 15) is 0 Å². The van der Waals surface area contributed by atoms with Gasteiger partial charge in [0, 0.05) is 17.3 Å². The lowest BCUT2D eigenvalue weighted by Crippen LogP contribution is -1.90. The Morgan fingerprint density at radius 2 is 2.33 bits per heavy atom. The van der Waals surface area contributed by atoms with E-state index in [-0.39, 0.29) is 0 Å². The number of hydrogen-bond acceptors (Lipinski definition) is 3. The molecule has 0 aromatic carbocycles. The fourth-order valence-electron chi connectivity index (χ4n) is 0.792. The second-order valence-electron chi connectivity index (χ2n) is 2.24. The summed E-state index contributed by atoms with van der Waals surface area (Å²) in [5.74, 6) is 1.57. The van der Waals surface area contributed by atoms with Crippen LogP contribution in [0.15, 0.2) is 17.4 Å². The van der Waals surface area contributed by atoms with Crippen molar-refractivity contribution in [1.82, 2.24) is 9.97 Å². The molecule has 1 aromatic heterocycles. The molecule has 66 valence electrons. The molecular weight excluding hydrogens is 192 g/mol. The van der Waals surface area contributed by atoms with Gasteiger partial charge in [-0.2, -0.15) is 0 Å². The number of rotatable bonds is 4. The predicted octanol–water partition coefficient (Wildman–Crippen LogP) is 2.37. The zero-order chi connectivity index (χ0) is 8.81. The fraction of sp³-hybridized carbons (Fsp3) is 0.500. The molecule has 0 radical (unpaired) electrons. The topological polar surface area (TPSA) is 25.8 Å². The van der Waals surface area contributed by atoms with Gasteiger partial charge in [0.15, 0.2) is 0 Å². The predicted molar refractivity (Wildman–Crippen MR) is 52.9 cm³/mol. The average molecular weight is 203 g/mol. The van der Waals surface area contributed by atoms with E-state index >= 15 is 0 Å². The Bertz CT molecular complexity index is 242. The van der Waals surface area contributed by atoms with Crippen LogP contribution in [0.3, 0.4) is 0 Å². The van der Waals surface area contributed by atoms with E-state index in [0.717, 1.165) is 22.9 Å². The van der Waals surface area contributed by atoms with Gasteiger partial charge in [0.05, 0.1) is 5.03 Å². The molecule has 0 unspecified atom stereocenters. The van der Waals surface area contributed by atoms with Crippen LogP contribution in [0.2, 0.25) is 0 Å². The lowest BCUT2D eigenvalue weighted by Gasteiger charge is -1.99. The minimum absolute atomic E-state index is 0.663. The molecule has 0 N–H and O–H groups in total. The van der Waals surface area contributed by atoms with Crippen LogP contribution in [0.4, 0.5) is 0 Å². The van der Waals surface area contributed by atoms with Gasteiger partial charge >= 0.3 is 0 Å². The molecule has 0 fully saturated rings. The van der Waals surface area contributed by atoms with Crippen LogP contribution >= 0.6 is 23.4 Å². The highest BCUT2D eigenvalue weighted by Crippen LogP contribution is 2.15. The van der Waals surface area contributed by atoms with Gasteiger partial charge < -0.3 is 0 Å². The molecule has 0 atom stereocenters. The molecule has 0 saturated heterocycles. The fourth-order valence-corrected chi connectivity index (χ4v) is 1.65. The zero-order valence-electron chi connectivity index (χ0n) is 6.96. The Morgan fingerprint density at radius 1 is 1.50 bits per heavy atom. The third-order valence-electron chi connectivity index (χ3n) is 1.39. The molecule has 12 heavy (non-hydrogen) atoms. The molecule has 0 aliphatic heterocycles. The second-order valence-corrected chi connectivity index (χ2v) is 3.73. The molecule has 0 saturated carbocycles. The van der Waals surface area contributed by atoms with Crippen molar-refractivity contribution in [2.24, 2.45) is 0 Å². The van der Waals surface area contributed by atoms with E-state index in [1.165, 1.54) is 0 Å². The minimum Gasteiger partial charge on any atom is -0.241 e. The first kappa shape index (κ1) is 9.81. The summed E-state index contributed by atoms with van der Waals surface area (Å²) in [6, 6.07) is 2.01. The van der Waals surface area contributed by atoms with Crippen molar-refractivity contribution < 1.29 is 0 Å². The van der Waals surface area contributed by atoms with Crippen LogP contribution in [0, 0.1) is 0 Å². The van der Waals surface area contributed by atoms with Crippen molar-refractivity contribution in [3.8, 4) is 0 Å². The average Bonchev–Trinajstić information content (AvgIpc) is 2.15. The van der Waals surface area contributed by atoms with Crippen molar-refractivity contribution in [3.63, 3.8) is 0 Å². The van der Waals surface area contributed by atoms with Gasteiger partial charge in [0.1, 0.15) is 6.33 Å². The number of nitrogens with zero attached hydrogens (tertiary/aromatic N) is 2. The standard InChI is InChI=1S/C8H11ClN2S/c1-2-7-5-8(11-6-10-7)12-4-3-9/h5-6H,2-4H2,1H3. The maximum Gasteiger partial charge on any atom is 0.116 e. The van der Waals surface area contributed by atoms with Crippen LogP contribution in [0.1, 0.15) is 12.6 Å². The molecule has 0 aliphatic carbocycles. The van der Waals surface area contributed by atoms with Gasteiger partial charge in [-0.05, 0) is 12.5 Å². The third kappa shape index (κ3) is 2.99. The molecule has 1 rings (SSSR count). The van der Waals surface area contributed by atoms with Gasteiger partial charge in [-0.3, -0.25) is 0 Å². The van der Waals surface area contributed by atoms with E-state index in [4.69, 9.17) is 11.6 Å². The number of alkyl halides is 1. The van der Waals surface area contributed by atoms with Crippen LogP contribution < -0.4 is 0 Å². The molecule has 0 aliphatic rings. The summed E-state index contributed by atoms with van der Waals surface area (Å²) < 4.78 is 0. The second kappa shape index (κ2) is 5.38. The number of aromatic nitrogens is 2. The maximum absolute atomic E-state index is 5.56. The highest BCUT2D eigenvalue weighted by molar-refractivity contribution is 7.99. The molecule has 0 amide bonds. The first-order valence-electron chi connectivity index (χ1n) is 3.86. The largest absolute Gasteiger partial charge is 0.241 e. The van der Waals surface area contributed by atoms with Crippen LogP contribution in [-0.2, 0) is 6.42 Å². The van der Waals surface area contributed by atoms with E-state index in [2.05, 4.69) is 16.9 Å². The molecule has 4 heteroatoms. The van der Waals surface area contributed by atoms with Crippen LogP contribution in [0.25, 0.3) is 0 Å². The quantitative estimate of drug-likeness (QED) is 0.426. The maximum atomic E-state index is 5.56. The Balaban J connectivity index is 2.60. The van der Waals surface area contributed by atoms with E-state index < -0.39 is 0 Å². The SMILES string of the molecule is CCc1cc(SCCCl)ncn1. The van der Waals surface area contributed by atoms with Crippen LogP contribution in [-0.4, -0.2) is 21.6 Å². The summed E-state index contributed by atoms with van der Waals surface area (Å²) in [6.07, 6.45) is 2.56. The number of thioether (sulfide) groups is 1. The van der Waals surface area contributed by atoms with Gasteiger partial charge in [-0.15, -0.1) is 23.4 Å². The summed E-state index contributed by atoms with van der Waals surface area (Å²) in [7, 11) is 0. The monoisotopic (exact) mass is 202 g/mol. The Kier molecular flexibility index (Phi) is 4.40. The lowest BCUT2D eigenvalue weighted by atomic mass is 10.3. The first-order valence-corrected chi connectivity index (χ1v) is 5.38. The summed E-state index contributed by atoms with van der Waals surface area (Å²) in [4.78, 5) is 8.23. The van der Waals surface area contributed by atoms with Gasteiger partial charge in [-0.1, -0.05) is 6.92 Å². The lowest BCUT2D eigenvalue weighted by molar-refractivity contribution is 0.946. The van der Waals surface area contributed by atoms with Gasteiger partial charge in [0.25, 0.3) is 0 Å². The summed E-state index contributed by atoms with van der Waals surface area (Å²) >= 11 is 7.23. The number of aryl methyl sites for hydroxylation is 1. The third-order valence-corrected chi connectivity index (χ3v) is 2.73. The Morgan fingerprint density at radius 3 is 3.00 bits per heavy atom. The van der Waals surface area contributed by atoms with Crippen LogP contribution in [0.5, 0.6) is 0 Å². The highest BCUT2D eigenvalue weighted by Gasteiger charge is 1.96. The summed E-state index contributed by atoms with van der Waals surface area (Å²) in [6.45, 7) is 2.08. The van der Waals surface area contributed by atoms with Gasteiger partial charge in [-0.25, -0.2) is 9.97 Å². The van der Waals surface area contributed by atoms with Crippen molar-refractivity contribution >= 4 is 23.4 Å². The van der Waals surface area contributed by atoms with Crippen molar-refractivity contribution in [3.05, 3.63) is 18.1 Å². The van der Waals surface area contributed by atoms with Gasteiger partial charge in [0.2, 0.25) is 0 Å². The molecule has 1 heterocycles. The van der Waals surface area contributed by atoms with Crippen molar-refractivity contribution in [1.29, 1.82) is 0 Å². The van der Waals surface area contributed by atoms with E-state index in [1.807, 2.05) is 6.07 Å².